The molecule has 0 saturated carbocycles. The third-order valence-electron chi connectivity index (χ3n) is 3.67. The molecule has 21 heavy (non-hydrogen) atoms. The lowest BCUT2D eigenvalue weighted by Gasteiger charge is -2.22. The number of carbonyl (C=O) groups is 1. The van der Waals surface area contributed by atoms with Crippen molar-refractivity contribution in [2.75, 3.05) is 30.4 Å². The molecule has 4 heteroatoms. The molecule has 1 atom stereocenters. The zero-order valence-corrected chi connectivity index (χ0v) is 13.7. The zero-order valence-electron chi connectivity index (χ0n) is 13.7. The Hall–Kier alpha value is -1.71. The van der Waals surface area contributed by atoms with Crippen molar-refractivity contribution in [1.29, 1.82) is 0 Å². The molecule has 0 amide bonds. The van der Waals surface area contributed by atoms with Gasteiger partial charge in [0.2, 0.25) is 0 Å². The molecule has 0 spiro atoms. The van der Waals surface area contributed by atoms with Gasteiger partial charge in [-0.3, -0.25) is 0 Å². The number of unbranched alkanes of at least 4 members (excludes halogenated alkanes) is 1. The van der Waals surface area contributed by atoms with Crippen LogP contribution < -0.4 is 10.2 Å². The number of carbonyl (C=O) groups excluding carboxylic acids is 1. The van der Waals surface area contributed by atoms with Crippen LogP contribution >= 0.6 is 0 Å². The number of hydrogen-bond acceptors (Lipinski definition) is 4. The van der Waals surface area contributed by atoms with E-state index in [9.17, 15) is 4.79 Å². The number of rotatable bonds is 9. The molecule has 1 aromatic carbocycles. The van der Waals surface area contributed by atoms with E-state index in [4.69, 9.17) is 4.74 Å². The largest absolute Gasteiger partial charge is 0.467 e. The summed E-state index contributed by atoms with van der Waals surface area (Å²) in [5.41, 5.74) is 2.16. The number of nitrogens with one attached hydrogen (secondary N) is 1. The van der Waals surface area contributed by atoms with E-state index in [0.717, 1.165) is 38.0 Å². The highest BCUT2D eigenvalue weighted by molar-refractivity contribution is 5.79. The minimum Gasteiger partial charge on any atom is -0.467 e. The van der Waals surface area contributed by atoms with Crippen molar-refractivity contribution in [2.45, 2.75) is 46.1 Å². The van der Waals surface area contributed by atoms with E-state index in [0.29, 0.717) is 0 Å². The van der Waals surface area contributed by atoms with Crippen LogP contribution in [0.1, 0.15) is 40.0 Å². The number of ether oxygens (including phenoxy) is 1. The van der Waals surface area contributed by atoms with Gasteiger partial charge in [0.1, 0.15) is 6.04 Å². The number of methoxy groups -OCH3 is 1. The van der Waals surface area contributed by atoms with Crippen LogP contribution in [0.4, 0.5) is 11.4 Å². The third kappa shape index (κ3) is 5.29. The summed E-state index contributed by atoms with van der Waals surface area (Å²) in [5.74, 6) is -0.198. The average Bonchev–Trinajstić information content (AvgIpc) is 2.53. The number of benzene rings is 1. The van der Waals surface area contributed by atoms with E-state index >= 15 is 0 Å². The molecular weight excluding hydrogens is 264 g/mol. The van der Waals surface area contributed by atoms with Crippen molar-refractivity contribution in [1.82, 2.24) is 0 Å². The topological polar surface area (TPSA) is 41.6 Å². The lowest BCUT2D eigenvalue weighted by Crippen LogP contribution is -2.30. The van der Waals surface area contributed by atoms with Crippen molar-refractivity contribution in [3.05, 3.63) is 24.3 Å². The Balaban J connectivity index is 2.73. The van der Waals surface area contributed by atoms with Gasteiger partial charge in [0, 0.05) is 24.5 Å². The van der Waals surface area contributed by atoms with Gasteiger partial charge in [-0.1, -0.05) is 19.8 Å². The van der Waals surface area contributed by atoms with Crippen LogP contribution in [0.3, 0.4) is 0 Å². The van der Waals surface area contributed by atoms with Gasteiger partial charge in [-0.25, -0.2) is 4.79 Å². The number of esters is 1. The summed E-state index contributed by atoms with van der Waals surface area (Å²) >= 11 is 0. The predicted octanol–water partition coefficient (Wildman–Crippen LogP) is 3.68. The molecule has 0 bridgehead atoms. The van der Waals surface area contributed by atoms with Gasteiger partial charge < -0.3 is 15.0 Å². The van der Waals surface area contributed by atoms with Crippen molar-refractivity contribution in [3.8, 4) is 0 Å². The number of anilines is 2. The molecule has 0 radical (unpaired) electrons. The average molecular weight is 292 g/mol. The molecule has 1 rings (SSSR count). The Kier molecular flexibility index (Phi) is 7.65. The summed E-state index contributed by atoms with van der Waals surface area (Å²) in [5, 5.41) is 3.27. The summed E-state index contributed by atoms with van der Waals surface area (Å²) in [6, 6.07) is 7.95. The fraction of sp³-hybridized carbons (Fsp3) is 0.588. The lowest BCUT2D eigenvalue weighted by molar-refractivity contribution is -0.141. The molecule has 0 aliphatic heterocycles. The Morgan fingerprint density at radius 3 is 2.29 bits per heavy atom. The minimum absolute atomic E-state index is 0.198. The highest BCUT2D eigenvalue weighted by Gasteiger charge is 2.18. The first-order valence-electron chi connectivity index (χ1n) is 7.85. The Bertz CT molecular complexity index is 413. The summed E-state index contributed by atoms with van der Waals surface area (Å²) in [6.07, 6.45) is 2.86. The van der Waals surface area contributed by atoms with E-state index in [-0.39, 0.29) is 12.0 Å². The van der Waals surface area contributed by atoms with Gasteiger partial charge in [-0.05, 0) is 44.5 Å². The van der Waals surface area contributed by atoms with Crippen LogP contribution in [0.5, 0.6) is 0 Å². The maximum atomic E-state index is 11.8. The van der Waals surface area contributed by atoms with Crippen LogP contribution in [0.2, 0.25) is 0 Å². The normalized spacial score (nSPS) is 11.8. The van der Waals surface area contributed by atoms with E-state index in [2.05, 4.69) is 43.1 Å². The van der Waals surface area contributed by atoms with Gasteiger partial charge in [0.15, 0.2) is 0 Å². The van der Waals surface area contributed by atoms with Gasteiger partial charge in [0.05, 0.1) is 7.11 Å². The molecule has 1 N–H and O–H groups in total. The maximum Gasteiger partial charge on any atom is 0.328 e. The van der Waals surface area contributed by atoms with Crippen molar-refractivity contribution < 1.29 is 9.53 Å². The molecule has 0 fully saturated rings. The van der Waals surface area contributed by atoms with Crippen molar-refractivity contribution in [3.63, 3.8) is 0 Å². The molecular formula is C17H28N2O2. The first-order chi connectivity index (χ1) is 10.2. The standard InChI is InChI=1S/C17H28N2O2/c1-5-8-9-16(17(20)21-4)18-14-10-12-15(13-11-14)19(6-2)7-3/h10-13,16,18H,5-9H2,1-4H3. The Labute approximate surface area is 128 Å². The van der Waals surface area contributed by atoms with Gasteiger partial charge in [-0.15, -0.1) is 0 Å². The predicted molar refractivity (Wildman–Crippen MR) is 89.0 cm³/mol. The molecule has 118 valence electrons. The van der Waals surface area contributed by atoms with E-state index in [1.165, 1.54) is 12.8 Å². The summed E-state index contributed by atoms with van der Waals surface area (Å²) < 4.78 is 4.87. The van der Waals surface area contributed by atoms with Crippen LogP contribution in [-0.4, -0.2) is 32.2 Å². The van der Waals surface area contributed by atoms with Crippen LogP contribution in [0, 0.1) is 0 Å². The molecule has 0 aliphatic rings. The second-order valence-electron chi connectivity index (χ2n) is 5.08. The van der Waals surface area contributed by atoms with Gasteiger partial charge >= 0.3 is 5.97 Å². The number of hydrogen-bond donors (Lipinski definition) is 1. The number of nitrogens with zero attached hydrogens (tertiary/aromatic N) is 1. The Morgan fingerprint density at radius 2 is 1.81 bits per heavy atom. The molecule has 0 heterocycles. The molecule has 0 aliphatic carbocycles. The second-order valence-corrected chi connectivity index (χ2v) is 5.08. The molecule has 1 aromatic rings. The summed E-state index contributed by atoms with van der Waals surface area (Å²) in [7, 11) is 1.44. The van der Waals surface area contributed by atoms with Crippen molar-refractivity contribution >= 4 is 17.3 Å². The van der Waals surface area contributed by atoms with Crippen LogP contribution in [0.15, 0.2) is 24.3 Å². The van der Waals surface area contributed by atoms with Crippen molar-refractivity contribution in [2.24, 2.45) is 0 Å². The van der Waals surface area contributed by atoms with Crippen LogP contribution in [-0.2, 0) is 9.53 Å². The maximum absolute atomic E-state index is 11.8. The molecule has 4 nitrogen and oxygen atoms in total. The monoisotopic (exact) mass is 292 g/mol. The third-order valence-corrected chi connectivity index (χ3v) is 3.67. The molecule has 0 saturated heterocycles. The molecule has 1 unspecified atom stereocenters. The highest BCUT2D eigenvalue weighted by Crippen LogP contribution is 2.19. The molecule has 0 aromatic heterocycles. The van der Waals surface area contributed by atoms with E-state index < -0.39 is 0 Å². The quantitative estimate of drug-likeness (QED) is 0.705. The van der Waals surface area contributed by atoms with Gasteiger partial charge in [-0.2, -0.15) is 0 Å². The highest BCUT2D eigenvalue weighted by atomic mass is 16.5. The Morgan fingerprint density at radius 1 is 1.19 bits per heavy atom. The minimum atomic E-state index is -0.269. The first kappa shape index (κ1) is 17.3. The first-order valence-corrected chi connectivity index (χ1v) is 7.85. The summed E-state index contributed by atoms with van der Waals surface area (Å²) in [6.45, 7) is 8.39. The fourth-order valence-corrected chi connectivity index (χ4v) is 2.36. The lowest BCUT2D eigenvalue weighted by atomic mass is 10.1. The second kappa shape index (κ2) is 9.27. The SMILES string of the molecule is CCCCC(Nc1ccc(N(CC)CC)cc1)C(=O)OC. The van der Waals surface area contributed by atoms with E-state index in [1.807, 2.05) is 12.1 Å². The van der Waals surface area contributed by atoms with Gasteiger partial charge in [0.25, 0.3) is 0 Å². The fourth-order valence-electron chi connectivity index (χ4n) is 2.36. The smallest absolute Gasteiger partial charge is 0.328 e. The zero-order chi connectivity index (χ0) is 15.7. The van der Waals surface area contributed by atoms with Crippen LogP contribution in [0.25, 0.3) is 0 Å². The summed E-state index contributed by atoms with van der Waals surface area (Å²) in [4.78, 5) is 14.1. The van der Waals surface area contributed by atoms with E-state index in [1.54, 1.807) is 0 Å².